The summed E-state index contributed by atoms with van der Waals surface area (Å²) in [7, 11) is -4.08. The van der Waals surface area contributed by atoms with Gasteiger partial charge in [0.2, 0.25) is 11.8 Å². The average Bonchev–Trinajstić information content (AvgIpc) is 2.89. The zero-order chi connectivity index (χ0) is 27.9. The number of amides is 2. The summed E-state index contributed by atoms with van der Waals surface area (Å²) in [5.74, 6) is -0.602. The van der Waals surface area contributed by atoms with Crippen molar-refractivity contribution in [3.05, 3.63) is 95.0 Å². The van der Waals surface area contributed by atoms with Crippen LogP contribution in [-0.2, 0) is 26.2 Å². The van der Waals surface area contributed by atoms with Crippen molar-refractivity contribution in [2.45, 2.75) is 45.2 Å². The van der Waals surface area contributed by atoms with Gasteiger partial charge in [-0.05, 0) is 61.7 Å². The molecule has 0 spiro atoms. The largest absolute Gasteiger partial charge is 0.354 e. The fourth-order valence-corrected chi connectivity index (χ4v) is 5.45. The van der Waals surface area contributed by atoms with Gasteiger partial charge in [-0.1, -0.05) is 73.5 Å². The van der Waals surface area contributed by atoms with E-state index in [2.05, 4.69) is 5.32 Å². The van der Waals surface area contributed by atoms with E-state index < -0.39 is 28.5 Å². The molecule has 0 aliphatic carbocycles. The van der Waals surface area contributed by atoms with Crippen LogP contribution < -0.4 is 9.62 Å². The fraction of sp³-hybridized carbons (Fsp3) is 0.310. The molecular weight excluding hydrogens is 522 g/mol. The molecule has 0 saturated heterocycles. The zero-order valence-corrected chi connectivity index (χ0v) is 23.7. The molecule has 3 aromatic rings. The van der Waals surface area contributed by atoms with Crippen LogP contribution in [0.4, 0.5) is 5.69 Å². The van der Waals surface area contributed by atoms with Crippen LogP contribution in [-0.4, -0.2) is 44.3 Å². The third-order valence-corrected chi connectivity index (χ3v) is 8.05. The summed E-state index contributed by atoms with van der Waals surface area (Å²) >= 11 is 6.17. The molecule has 202 valence electrons. The van der Waals surface area contributed by atoms with Crippen molar-refractivity contribution >= 4 is 39.1 Å². The van der Waals surface area contributed by atoms with Crippen LogP contribution in [0.25, 0.3) is 0 Å². The number of benzene rings is 3. The third kappa shape index (κ3) is 7.58. The van der Waals surface area contributed by atoms with Gasteiger partial charge < -0.3 is 10.2 Å². The van der Waals surface area contributed by atoms with Gasteiger partial charge in [0.15, 0.2) is 0 Å². The smallest absolute Gasteiger partial charge is 0.264 e. The van der Waals surface area contributed by atoms with Crippen molar-refractivity contribution in [2.75, 3.05) is 17.4 Å². The predicted octanol–water partition coefficient (Wildman–Crippen LogP) is 5.03. The first kappa shape index (κ1) is 29.2. The molecule has 0 aliphatic heterocycles. The Balaban J connectivity index is 1.98. The minimum absolute atomic E-state index is 0.0730. The SMILES string of the molecule is Cc1ccc(S(=O)(=O)N(CC(=O)N(Cc2cccc(Cl)c2)[C@H](C)C(=O)NCC(C)C)c2ccccc2)cc1. The van der Waals surface area contributed by atoms with Gasteiger partial charge in [0.25, 0.3) is 10.0 Å². The monoisotopic (exact) mass is 555 g/mol. The standard InChI is InChI=1S/C29H34ClN3O4S/c1-21(2)18-31-29(35)23(4)32(19-24-9-8-10-25(30)17-24)28(34)20-33(26-11-6-5-7-12-26)38(36,37)27-15-13-22(3)14-16-27/h5-17,21,23H,18-20H2,1-4H3,(H,31,35)/t23-/m1/s1. The molecule has 2 amide bonds. The lowest BCUT2D eigenvalue weighted by molar-refractivity contribution is -0.139. The quantitative estimate of drug-likeness (QED) is 0.359. The van der Waals surface area contributed by atoms with E-state index in [1.807, 2.05) is 26.8 Å². The first-order chi connectivity index (χ1) is 18.0. The second-order valence-corrected chi connectivity index (χ2v) is 11.9. The molecule has 0 aromatic heterocycles. The second-order valence-electron chi connectivity index (χ2n) is 9.63. The molecular formula is C29H34ClN3O4S. The molecule has 0 saturated carbocycles. The van der Waals surface area contributed by atoms with Crippen molar-refractivity contribution in [1.82, 2.24) is 10.2 Å². The lowest BCUT2D eigenvalue weighted by atomic mass is 10.1. The van der Waals surface area contributed by atoms with Gasteiger partial charge in [-0.25, -0.2) is 8.42 Å². The first-order valence-corrected chi connectivity index (χ1v) is 14.3. The minimum atomic E-state index is -4.08. The number of aryl methyl sites for hydroxylation is 1. The fourth-order valence-electron chi connectivity index (χ4n) is 3.83. The Labute approximate surface area is 230 Å². The lowest BCUT2D eigenvalue weighted by Crippen LogP contribution is -2.51. The van der Waals surface area contributed by atoms with Crippen LogP contribution in [0.3, 0.4) is 0 Å². The number of hydrogen-bond donors (Lipinski definition) is 1. The van der Waals surface area contributed by atoms with E-state index >= 15 is 0 Å². The van der Waals surface area contributed by atoms with Gasteiger partial charge in [0.1, 0.15) is 12.6 Å². The number of hydrogen-bond acceptors (Lipinski definition) is 4. The number of nitrogens with one attached hydrogen (secondary N) is 1. The molecule has 3 aromatic carbocycles. The predicted molar refractivity (Wildman–Crippen MR) is 151 cm³/mol. The molecule has 1 atom stereocenters. The lowest BCUT2D eigenvalue weighted by Gasteiger charge is -2.32. The van der Waals surface area contributed by atoms with Gasteiger partial charge in [0, 0.05) is 18.1 Å². The molecule has 0 unspecified atom stereocenters. The molecule has 0 radical (unpaired) electrons. The summed E-state index contributed by atoms with van der Waals surface area (Å²) in [5.41, 5.74) is 1.99. The van der Waals surface area contributed by atoms with Gasteiger partial charge in [-0.15, -0.1) is 0 Å². The highest BCUT2D eigenvalue weighted by Gasteiger charge is 2.32. The summed E-state index contributed by atoms with van der Waals surface area (Å²) < 4.78 is 28.6. The molecule has 0 aliphatic rings. The van der Waals surface area contributed by atoms with E-state index in [1.165, 1.54) is 17.0 Å². The number of halogens is 1. The molecule has 0 heterocycles. The molecule has 38 heavy (non-hydrogen) atoms. The topological polar surface area (TPSA) is 86.8 Å². The number of carbonyl (C=O) groups is 2. The zero-order valence-electron chi connectivity index (χ0n) is 22.1. The Morgan fingerprint density at radius 3 is 2.18 bits per heavy atom. The van der Waals surface area contributed by atoms with Crippen molar-refractivity contribution in [1.29, 1.82) is 0 Å². The van der Waals surface area contributed by atoms with Gasteiger partial charge in [-0.2, -0.15) is 0 Å². The van der Waals surface area contributed by atoms with E-state index in [0.717, 1.165) is 15.4 Å². The third-order valence-electron chi connectivity index (χ3n) is 6.03. The highest BCUT2D eigenvalue weighted by Crippen LogP contribution is 2.25. The number of nitrogens with zero attached hydrogens (tertiary/aromatic N) is 2. The van der Waals surface area contributed by atoms with Crippen LogP contribution in [0, 0.1) is 12.8 Å². The van der Waals surface area contributed by atoms with Crippen molar-refractivity contribution < 1.29 is 18.0 Å². The summed E-state index contributed by atoms with van der Waals surface area (Å²) in [6, 6.07) is 21.1. The molecule has 3 rings (SSSR count). The number of sulfonamides is 1. The number of carbonyl (C=O) groups excluding carboxylic acids is 2. The van der Waals surface area contributed by atoms with Gasteiger partial charge in [0.05, 0.1) is 10.6 Å². The van der Waals surface area contributed by atoms with Gasteiger partial charge >= 0.3 is 0 Å². The Hall–Kier alpha value is -3.36. The van der Waals surface area contributed by atoms with Gasteiger partial charge in [-0.3, -0.25) is 13.9 Å². The molecule has 0 fully saturated rings. The molecule has 1 N–H and O–H groups in total. The maximum absolute atomic E-state index is 13.8. The maximum atomic E-state index is 13.8. The van der Waals surface area contributed by atoms with Crippen LogP contribution in [0.1, 0.15) is 31.9 Å². The number of para-hydroxylation sites is 1. The molecule has 7 nitrogen and oxygen atoms in total. The molecule has 9 heteroatoms. The molecule has 0 bridgehead atoms. The number of anilines is 1. The maximum Gasteiger partial charge on any atom is 0.264 e. The number of rotatable bonds is 11. The summed E-state index contributed by atoms with van der Waals surface area (Å²) in [6.45, 7) is 7.53. The highest BCUT2D eigenvalue weighted by atomic mass is 35.5. The van der Waals surface area contributed by atoms with Crippen LogP contribution >= 0.6 is 11.6 Å². The normalized spacial score (nSPS) is 12.2. The van der Waals surface area contributed by atoms with Crippen molar-refractivity contribution in [2.24, 2.45) is 5.92 Å². The second kappa shape index (κ2) is 12.9. The van der Waals surface area contributed by atoms with Crippen LogP contribution in [0.15, 0.2) is 83.8 Å². The Morgan fingerprint density at radius 1 is 0.921 bits per heavy atom. The van der Waals surface area contributed by atoms with E-state index in [-0.39, 0.29) is 23.3 Å². The summed E-state index contributed by atoms with van der Waals surface area (Å²) in [5, 5.41) is 3.37. The van der Waals surface area contributed by atoms with Crippen molar-refractivity contribution in [3.8, 4) is 0 Å². The van der Waals surface area contributed by atoms with E-state index in [0.29, 0.717) is 17.3 Å². The van der Waals surface area contributed by atoms with Crippen molar-refractivity contribution in [3.63, 3.8) is 0 Å². The summed E-state index contributed by atoms with van der Waals surface area (Å²) in [6.07, 6.45) is 0. The van der Waals surface area contributed by atoms with E-state index in [1.54, 1.807) is 67.6 Å². The highest BCUT2D eigenvalue weighted by molar-refractivity contribution is 7.92. The average molecular weight is 556 g/mol. The summed E-state index contributed by atoms with van der Waals surface area (Å²) in [4.78, 5) is 28.3. The minimum Gasteiger partial charge on any atom is -0.354 e. The van der Waals surface area contributed by atoms with Crippen LogP contribution in [0.5, 0.6) is 0 Å². The first-order valence-electron chi connectivity index (χ1n) is 12.4. The van der Waals surface area contributed by atoms with E-state index in [9.17, 15) is 18.0 Å². The van der Waals surface area contributed by atoms with Crippen LogP contribution in [0.2, 0.25) is 5.02 Å². The Morgan fingerprint density at radius 2 is 1.58 bits per heavy atom. The Kier molecular flexibility index (Phi) is 9.94. The Bertz CT molecular complexity index is 1350. The van der Waals surface area contributed by atoms with E-state index in [4.69, 9.17) is 11.6 Å².